The molecule has 6 heteroatoms. The Morgan fingerprint density at radius 1 is 0.600 bits per heavy atom. The zero-order valence-electron chi connectivity index (χ0n) is 32.9. The Bertz CT molecular complexity index is 3380. The summed E-state index contributed by atoms with van der Waals surface area (Å²) in [5.41, 5.74) is 10.7. The molecule has 0 fully saturated rings. The minimum absolute atomic E-state index is 0.417. The van der Waals surface area contributed by atoms with E-state index in [1.807, 2.05) is 47.7 Å². The molecule has 10 rings (SSSR count). The predicted octanol–water partition coefficient (Wildman–Crippen LogP) is 14.1. The normalized spacial score (nSPS) is 12.6. The first-order valence-corrected chi connectivity index (χ1v) is 20.7. The molecule has 0 atom stereocenters. The lowest BCUT2D eigenvalue weighted by molar-refractivity contribution is 1.06. The second kappa shape index (κ2) is 15.6. The molecule has 10 aromatic rings. The molecule has 5 nitrogen and oxygen atoms in total. The van der Waals surface area contributed by atoms with Crippen LogP contribution in [-0.2, 0) is 6.54 Å². The molecule has 3 aromatic heterocycles. The molecular weight excluding hydrogens is 751 g/mol. The van der Waals surface area contributed by atoms with Gasteiger partial charge >= 0.3 is 0 Å². The van der Waals surface area contributed by atoms with Crippen molar-refractivity contribution in [2.75, 3.05) is 0 Å². The summed E-state index contributed by atoms with van der Waals surface area (Å²) >= 11 is 1.86. The Morgan fingerprint density at radius 3 is 2.13 bits per heavy atom. The number of hydrogen-bond acceptors (Lipinski definition) is 2. The maximum atomic E-state index is 4.96. The van der Waals surface area contributed by atoms with Crippen molar-refractivity contribution in [3.05, 3.63) is 218 Å². The summed E-state index contributed by atoms with van der Waals surface area (Å²) in [5, 5.41) is 6.27. The highest BCUT2D eigenvalue weighted by molar-refractivity contribution is 7.25. The standard InChI is InChI=1S/C54H39N5S/c1-4-15-37(5-2)54(57-53(55-3)39-17-8-6-9-18-39)56-35-36-16-14-19-40(30-36)38-24-26-43(27-25-38)59-49-31-41-28-29-58(42-20-10-7-11-21-42)48(41)33-46(49)45-32-47-44-22-12-13-23-51(44)60-52(47)34-50(45)59/h4-34H,1-3,35H2/b37-15+,56-54?,57-53?. The average Bonchev–Trinajstić information content (AvgIpc) is 3.98. The number of benzene rings is 7. The third kappa shape index (κ3) is 6.59. The first-order chi connectivity index (χ1) is 29.6. The molecule has 0 amide bonds. The van der Waals surface area contributed by atoms with Crippen LogP contribution in [0.1, 0.15) is 11.1 Å². The van der Waals surface area contributed by atoms with Gasteiger partial charge in [-0.2, -0.15) is 0 Å². The van der Waals surface area contributed by atoms with Crippen LogP contribution >= 0.6 is 11.3 Å². The molecule has 0 saturated carbocycles. The lowest BCUT2D eigenvalue weighted by Crippen LogP contribution is -2.05. The van der Waals surface area contributed by atoms with E-state index in [9.17, 15) is 0 Å². The number of hydrogen-bond donors (Lipinski definition) is 0. The van der Waals surface area contributed by atoms with Gasteiger partial charge in [0.1, 0.15) is 0 Å². The van der Waals surface area contributed by atoms with Crippen molar-refractivity contribution < 1.29 is 0 Å². The molecule has 0 aliphatic carbocycles. The monoisotopic (exact) mass is 789 g/mol. The summed E-state index contributed by atoms with van der Waals surface area (Å²) in [4.78, 5) is 14.0. The molecule has 286 valence electrons. The van der Waals surface area contributed by atoms with E-state index >= 15 is 0 Å². The van der Waals surface area contributed by atoms with Crippen LogP contribution in [0.2, 0.25) is 0 Å². The van der Waals surface area contributed by atoms with Crippen molar-refractivity contribution in [1.29, 1.82) is 0 Å². The van der Waals surface area contributed by atoms with Crippen LogP contribution in [0.15, 0.2) is 222 Å². The van der Waals surface area contributed by atoms with Crippen LogP contribution in [0.25, 0.3) is 75.4 Å². The van der Waals surface area contributed by atoms with Gasteiger partial charge in [-0.15, -0.1) is 11.3 Å². The largest absolute Gasteiger partial charge is 0.317 e. The van der Waals surface area contributed by atoms with Gasteiger partial charge in [-0.3, -0.25) is 4.99 Å². The molecule has 0 saturated heterocycles. The summed E-state index contributed by atoms with van der Waals surface area (Å²) in [7, 11) is 0. The van der Waals surface area contributed by atoms with E-state index in [0.717, 1.165) is 39.2 Å². The van der Waals surface area contributed by atoms with Crippen LogP contribution in [-0.4, -0.2) is 27.5 Å². The fraction of sp³-hybridized carbons (Fsp3) is 0.0185. The quantitative estimate of drug-likeness (QED) is 0.0794. The Labute approximate surface area is 352 Å². The van der Waals surface area contributed by atoms with Crippen molar-refractivity contribution in [3.63, 3.8) is 0 Å². The molecule has 0 N–H and O–H groups in total. The van der Waals surface area contributed by atoms with Gasteiger partial charge in [-0.05, 0) is 90.1 Å². The molecule has 3 heterocycles. The second-order valence-electron chi connectivity index (χ2n) is 14.7. The Morgan fingerprint density at radius 2 is 1.35 bits per heavy atom. The molecule has 0 radical (unpaired) electrons. The zero-order valence-corrected chi connectivity index (χ0v) is 33.7. The molecular formula is C54H39N5S. The molecule has 0 bridgehead atoms. The smallest absolute Gasteiger partial charge is 0.161 e. The minimum atomic E-state index is 0.417. The average molecular weight is 790 g/mol. The molecule has 0 spiro atoms. The van der Waals surface area contributed by atoms with E-state index in [2.05, 4.69) is 174 Å². The Kier molecular flexibility index (Phi) is 9.52. The van der Waals surface area contributed by atoms with E-state index in [1.54, 1.807) is 12.2 Å². The molecule has 0 unspecified atom stereocenters. The van der Waals surface area contributed by atoms with Crippen molar-refractivity contribution in [2.45, 2.75) is 6.54 Å². The number of amidine groups is 2. The van der Waals surface area contributed by atoms with Crippen LogP contribution in [0.5, 0.6) is 0 Å². The highest BCUT2D eigenvalue weighted by atomic mass is 32.1. The van der Waals surface area contributed by atoms with Gasteiger partial charge in [0.05, 0.1) is 23.1 Å². The third-order valence-electron chi connectivity index (χ3n) is 11.1. The first kappa shape index (κ1) is 36.7. The highest BCUT2D eigenvalue weighted by Crippen LogP contribution is 2.42. The number of rotatable bonds is 9. The predicted molar refractivity (Wildman–Crippen MR) is 258 cm³/mol. The second-order valence-corrected chi connectivity index (χ2v) is 15.7. The third-order valence-corrected chi connectivity index (χ3v) is 12.2. The first-order valence-electron chi connectivity index (χ1n) is 19.9. The van der Waals surface area contributed by atoms with Crippen LogP contribution in [0.3, 0.4) is 0 Å². The van der Waals surface area contributed by atoms with Crippen molar-refractivity contribution in [1.82, 2.24) is 9.13 Å². The molecule has 0 aliphatic rings. The van der Waals surface area contributed by atoms with Crippen molar-refractivity contribution >= 4 is 82.6 Å². The minimum Gasteiger partial charge on any atom is -0.317 e. The van der Waals surface area contributed by atoms with Gasteiger partial charge < -0.3 is 9.13 Å². The molecule has 0 aliphatic heterocycles. The number of thiophene rings is 1. The van der Waals surface area contributed by atoms with Crippen LogP contribution in [0, 0.1) is 0 Å². The van der Waals surface area contributed by atoms with Crippen molar-refractivity contribution in [2.24, 2.45) is 15.0 Å². The maximum Gasteiger partial charge on any atom is 0.161 e. The Balaban J connectivity index is 1.05. The van der Waals surface area contributed by atoms with Gasteiger partial charge in [0, 0.05) is 65.0 Å². The number of allylic oxidation sites excluding steroid dienone is 2. The Hall–Kier alpha value is -7.67. The van der Waals surface area contributed by atoms with E-state index in [1.165, 1.54) is 52.9 Å². The van der Waals surface area contributed by atoms with Gasteiger partial charge in [0.2, 0.25) is 0 Å². The fourth-order valence-electron chi connectivity index (χ4n) is 8.20. The van der Waals surface area contributed by atoms with Crippen molar-refractivity contribution in [3.8, 4) is 22.5 Å². The zero-order chi connectivity index (χ0) is 40.6. The van der Waals surface area contributed by atoms with Crippen LogP contribution < -0.4 is 0 Å². The molecule has 7 aromatic carbocycles. The summed E-state index contributed by atoms with van der Waals surface area (Å²) in [6, 6.07) is 58.3. The summed E-state index contributed by atoms with van der Waals surface area (Å²) in [5.74, 6) is 1.01. The number of fused-ring (bicyclic) bond motifs is 7. The SMILES string of the molecule is C=C/C=C(\C=C)C(=NCc1cccc(-c2ccc(-n3c4cc5ccn(-c6ccccc6)c5cc4c4cc5c(cc43)sc3ccccc35)cc2)c1)N=C(N=C)c1ccccc1. The maximum absolute atomic E-state index is 4.96. The van der Waals surface area contributed by atoms with E-state index in [0.29, 0.717) is 18.2 Å². The highest BCUT2D eigenvalue weighted by Gasteiger charge is 2.18. The number of aromatic nitrogens is 2. The number of para-hydroxylation sites is 1. The summed E-state index contributed by atoms with van der Waals surface area (Å²) < 4.78 is 7.31. The van der Waals surface area contributed by atoms with Gasteiger partial charge in [0.25, 0.3) is 0 Å². The van der Waals surface area contributed by atoms with Gasteiger partial charge in [0.15, 0.2) is 11.7 Å². The molecule has 60 heavy (non-hydrogen) atoms. The fourth-order valence-corrected chi connectivity index (χ4v) is 9.32. The lowest BCUT2D eigenvalue weighted by Gasteiger charge is -2.11. The topological polar surface area (TPSA) is 46.9 Å². The summed E-state index contributed by atoms with van der Waals surface area (Å²) in [6.07, 6.45) is 7.47. The van der Waals surface area contributed by atoms with E-state index in [4.69, 9.17) is 9.98 Å². The number of aliphatic imine (C=N–C) groups is 3. The number of nitrogens with zero attached hydrogens (tertiary/aromatic N) is 5. The van der Waals surface area contributed by atoms with E-state index < -0.39 is 0 Å². The summed E-state index contributed by atoms with van der Waals surface area (Å²) in [6.45, 7) is 12.1. The van der Waals surface area contributed by atoms with Gasteiger partial charge in [-0.25, -0.2) is 9.98 Å². The van der Waals surface area contributed by atoms with E-state index in [-0.39, 0.29) is 0 Å². The van der Waals surface area contributed by atoms with Crippen LogP contribution in [0.4, 0.5) is 0 Å². The van der Waals surface area contributed by atoms with Gasteiger partial charge in [-0.1, -0.05) is 128 Å². The lowest BCUT2D eigenvalue weighted by atomic mass is 10.0.